The van der Waals surface area contributed by atoms with E-state index in [0.29, 0.717) is 11.7 Å². The van der Waals surface area contributed by atoms with E-state index >= 15 is 0 Å². The standard InChI is InChI=1S/C18H18N4O2/c1-2-22-12-20-14-9-19-17(8-15(14)22)21-18-11-23-10-16(24-18)13-6-4-3-5-7-13/h3-4,6,8-12H,2,5,7H2,1H3,(H,19,21). The van der Waals surface area contributed by atoms with Crippen LogP contribution in [0.2, 0.25) is 0 Å². The number of aryl methyl sites for hydroxylation is 1. The molecule has 1 aliphatic carbocycles. The predicted octanol–water partition coefficient (Wildman–Crippen LogP) is 3.83. The zero-order valence-corrected chi connectivity index (χ0v) is 13.4. The lowest BCUT2D eigenvalue weighted by molar-refractivity contribution is 0.233. The van der Waals surface area contributed by atoms with Gasteiger partial charge in [0.15, 0.2) is 12.0 Å². The molecule has 3 heterocycles. The number of ether oxygens (including phenoxy) is 2. The van der Waals surface area contributed by atoms with Crippen LogP contribution in [0.25, 0.3) is 11.0 Å². The maximum Gasteiger partial charge on any atom is 0.234 e. The van der Waals surface area contributed by atoms with Crippen molar-refractivity contribution in [2.24, 2.45) is 0 Å². The van der Waals surface area contributed by atoms with Crippen LogP contribution in [-0.2, 0) is 16.0 Å². The van der Waals surface area contributed by atoms with Crippen molar-refractivity contribution in [1.82, 2.24) is 14.5 Å². The Bertz CT molecular complexity index is 890. The van der Waals surface area contributed by atoms with Crippen molar-refractivity contribution in [3.8, 4) is 0 Å². The molecule has 0 amide bonds. The molecule has 24 heavy (non-hydrogen) atoms. The molecule has 4 rings (SSSR count). The molecule has 2 aliphatic rings. The third-order valence-electron chi connectivity index (χ3n) is 4.00. The maximum absolute atomic E-state index is 5.90. The van der Waals surface area contributed by atoms with Crippen LogP contribution in [0.5, 0.6) is 0 Å². The smallest absolute Gasteiger partial charge is 0.234 e. The van der Waals surface area contributed by atoms with Crippen LogP contribution in [0.15, 0.2) is 66.6 Å². The predicted molar refractivity (Wildman–Crippen MR) is 91.6 cm³/mol. The summed E-state index contributed by atoms with van der Waals surface area (Å²) in [4.78, 5) is 8.71. The molecule has 0 unspecified atom stereocenters. The van der Waals surface area contributed by atoms with Gasteiger partial charge in [0.2, 0.25) is 5.88 Å². The van der Waals surface area contributed by atoms with E-state index in [-0.39, 0.29) is 0 Å². The van der Waals surface area contributed by atoms with Crippen LogP contribution < -0.4 is 5.32 Å². The minimum atomic E-state index is 0.511. The second-order valence-corrected chi connectivity index (χ2v) is 5.57. The van der Waals surface area contributed by atoms with Crippen LogP contribution in [0.3, 0.4) is 0 Å². The molecular formula is C18H18N4O2. The lowest BCUT2D eigenvalue weighted by Gasteiger charge is -2.20. The number of allylic oxidation sites excluding steroid dienone is 4. The zero-order chi connectivity index (χ0) is 16.4. The number of hydrogen-bond donors (Lipinski definition) is 1. The topological polar surface area (TPSA) is 61.2 Å². The third kappa shape index (κ3) is 2.78. The first-order valence-corrected chi connectivity index (χ1v) is 8.01. The molecule has 6 nitrogen and oxygen atoms in total. The number of aromatic nitrogens is 3. The largest absolute Gasteiger partial charge is 0.463 e. The van der Waals surface area contributed by atoms with Gasteiger partial charge in [0.1, 0.15) is 17.6 Å². The quantitative estimate of drug-likeness (QED) is 0.927. The van der Waals surface area contributed by atoms with Gasteiger partial charge in [-0.15, -0.1) is 0 Å². The Hall–Kier alpha value is -3.02. The molecule has 1 aliphatic heterocycles. The highest BCUT2D eigenvalue weighted by atomic mass is 16.6. The van der Waals surface area contributed by atoms with Gasteiger partial charge in [-0.05, 0) is 25.3 Å². The van der Waals surface area contributed by atoms with Gasteiger partial charge in [-0.2, -0.15) is 0 Å². The normalized spacial score (nSPS) is 16.8. The Morgan fingerprint density at radius 3 is 3.08 bits per heavy atom. The van der Waals surface area contributed by atoms with Crippen LogP contribution >= 0.6 is 0 Å². The summed E-state index contributed by atoms with van der Waals surface area (Å²) in [5.41, 5.74) is 3.03. The summed E-state index contributed by atoms with van der Waals surface area (Å²) in [7, 11) is 0. The summed E-state index contributed by atoms with van der Waals surface area (Å²) in [6.45, 7) is 2.94. The van der Waals surface area contributed by atoms with Crippen LogP contribution in [0, 0.1) is 0 Å². The van der Waals surface area contributed by atoms with Gasteiger partial charge in [0.25, 0.3) is 0 Å². The Morgan fingerprint density at radius 2 is 2.25 bits per heavy atom. The lowest BCUT2D eigenvalue weighted by Crippen LogP contribution is -2.11. The van der Waals surface area contributed by atoms with Crippen molar-refractivity contribution in [1.29, 1.82) is 0 Å². The van der Waals surface area contributed by atoms with Gasteiger partial charge in [-0.25, -0.2) is 9.97 Å². The molecule has 2 aromatic heterocycles. The summed E-state index contributed by atoms with van der Waals surface area (Å²) in [5.74, 6) is 1.92. The summed E-state index contributed by atoms with van der Waals surface area (Å²) in [5, 5.41) is 3.16. The van der Waals surface area contributed by atoms with Gasteiger partial charge in [0.05, 0.1) is 18.0 Å². The number of imidazole rings is 1. The summed E-state index contributed by atoms with van der Waals surface area (Å²) >= 11 is 0. The number of anilines is 1. The van der Waals surface area contributed by atoms with E-state index in [9.17, 15) is 0 Å². The first kappa shape index (κ1) is 14.6. The first-order valence-electron chi connectivity index (χ1n) is 8.01. The Labute approximate surface area is 139 Å². The number of fused-ring (bicyclic) bond motifs is 1. The molecule has 2 aromatic rings. The second-order valence-electron chi connectivity index (χ2n) is 5.57. The van der Waals surface area contributed by atoms with E-state index in [2.05, 4.69) is 32.9 Å². The fraction of sp³-hybridized carbons (Fsp3) is 0.222. The van der Waals surface area contributed by atoms with Crippen molar-refractivity contribution in [2.75, 3.05) is 5.32 Å². The maximum atomic E-state index is 5.90. The van der Waals surface area contributed by atoms with Crippen LogP contribution in [-0.4, -0.2) is 14.5 Å². The van der Waals surface area contributed by atoms with Crippen molar-refractivity contribution in [3.63, 3.8) is 0 Å². The van der Waals surface area contributed by atoms with Crippen LogP contribution in [0.4, 0.5) is 5.82 Å². The molecule has 1 N–H and O–H groups in total. The monoisotopic (exact) mass is 322 g/mol. The van der Waals surface area contributed by atoms with E-state index in [1.165, 1.54) is 6.26 Å². The molecule has 0 radical (unpaired) electrons. The highest BCUT2D eigenvalue weighted by Gasteiger charge is 2.16. The number of hydrogen-bond acceptors (Lipinski definition) is 5. The minimum absolute atomic E-state index is 0.511. The minimum Gasteiger partial charge on any atom is -0.463 e. The van der Waals surface area contributed by atoms with Gasteiger partial charge in [-0.3, -0.25) is 0 Å². The number of pyridine rings is 1. The summed E-state index contributed by atoms with van der Waals surface area (Å²) < 4.78 is 13.4. The number of nitrogens with one attached hydrogen (secondary N) is 1. The van der Waals surface area contributed by atoms with Crippen molar-refractivity contribution >= 4 is 16.9 Å². The zero-order valence-electron chi connectivity index (χ0n) is 13.4. The highest BCUT2D eigenvalue weighted by Crippen LogP contribution is 2.27. The summed E-state index contributed by atoms with van der Waals surface area (Å²) in [6, 6.07) is 1.96. The first-order chi connectivity index (χ1) is 11.8. The number of nitrogens with zero attached hydrogens (tertiary/aromatic N) is 3. The van der Waals surface area contributed by atoms with Gasteiger partial charge in [-0.1, -0.05) is 18.2 Å². The molecule has 0 saturated carbocycles. The molecule has 6 heteroatoms. The Morgan fingerprint density at radius 1 is 1.29 bits per heavy atom. The third-order valence-corrected chi connectivity index (χ3v) is 4.00. The Balaban J connectivity index is 1.52. The summed E-state index contributed by atoms with van der Waals surface area (Å²) in [6.07, 6.45) is 14.9. The van der Waals surface area contributed by atoms with Crippen molar-refractivity contribution in [3.05, 3.63) is 66.6 Å². The lowest BCUT2D eigenvalue weighted by atomic mass is 10.0. The molecule has 0 atom stereocenters. The fourth-order valence-corrected chi connectivity index (χ4v) is 2.74. The van der Waals surface area contributed by atoms with E-state index in [1.54, 1.807) is 12.5 Å². The van der Waals surface area contributed by atoms with Crippen LogP contribution in [0.1, 0.15) is 19.8 Å². The molecule has 0 aromatic carbocycles. The van der Waals surface area contributed by atoms with Gasteiger partial charge in [0, 0.05) is 12.6 Å². The van der Waals surface area contributed by atoms with E-state index in [4.69, 9.17) is 9.47 Å². The molecule has 0 spiro atoms. The number of rotatable bonds is 4. The van der Waals surface area contributed by atoms with E-state index in [0.717, 1.165) is 41.8 Å². The Kier molecular flexibility index (Phi) is 3.78. The average Bonchev–Trinajstić information content (AvgIpc) is 3.05. The van der Waals surface area contributed by atoms with Gasteiger partial charge >= 0.3 is 0 Å². The second kappa shape index (κ2) is 6.23. The average molecular weight is 322 g/mol. The molecular weight excluding hydrogens is 304 g/mol. The van der Waals surface area contributed by atoms with E-state index < -0.39 is 0 Å². The molecule has 0 saturated heterocycles. The highest BCUT2D eigenvalue weighted by molar-refractivity contribution is 5.77. The fourth-order valence-electron chi connectivity index (χ4n) is 2.74. The van der Waals surface area contributed by atoms with Gasteiger partial charge < -0.3 is 19.4 Å². The van der Waals surface area contributed by atoms with Crippen molar-refractivity contribution in [2.45, 2.75) is 26.3 Å². The molecule has 0 bridgehead atoms. The molecule has 0 fully saturated rings. The van der Waals surface area contributed by atoms with E-state index in [1.807, 2.05) is 24.5 Å². The van der Waals surface area contributed by atoms with Crippen molar-refractivity contribution < 1.29 is 9.47 Å². The molecule has 122 valence electrons. The SMILES string of the molecule is CCn1cnc2cnc(NC3=COC=C(C4=CC=CCC4)O3)cc21.